The van der Waals surface area contributed by atoms with E-state index in [1.54, 1.807) is 4.90 Å². The number of carboxylic acids is 1. The van der Waals surface area contributed by atoms with Crippen LogP contribution in [0, 0.1) is 0 Å². The van der Waals surface area contributed by atoms with Crippen LogP contribution in [0.1, 0.15) is 39.2 Å². The Hall–Kier alpha value is -2.60. The van der Waals surface area contributed by atoms with Gasteiger partial charge < -0.3 is 14.7 Å². The van der Waals surface area contributed by atoms with Crippen molar-refractivity contribution in [3.05, 3.63) is 48.0 Å². The van der Waals surface area contributed by atoms with Crippen LogP contribution in [0.15, 0.2) is 42.5 Å². The van der Waals surface area contributed by atoms with E-state index in [1.165, 1.54) is 0 Å². The molecular formula is C23H30N2O4. The first kappa shape index (κ1) is 21.1. The first-order chi connectivity index (χ1) is 13.7. The van der Waals surface area contributed by atoms with E-state index in [9.17, 15) is 14.7 Å². The normalized spacial score (nSPS) is 17.1. The molecule has 0 saturated carbocycles. The molecule has 1 heterocycles. The predicted molar refractivity (Wildman–Crippen MR) is 113 cm³/mol. The third-order valence-electron chi connectivity index (χ3n) is 5.11. The Balaban J connectivity index is 1.76. The maximum absolute atomic E-state index is 12.6. The SMILES string of the molecule is CC(C)(C)OC(=O)N1CCC[C@H]1CN(CC(=O)O)Cc1cccc2ccccc12. The minimum Gasteiger partial charge on any atom is -0.480 e. The Labute approximate surface area is 172 Å². The lowest BCUT2D eigenvalue weighted by atomic mass is 10.0. The lowest BCUT2D eigenvalue weighted by molar-refractivity contribution is -0.138. The third-order valence-corrected chi connectivity index (χ3v) is 5.11. The van der Waals surface area contributed by atoms with Gasteiger partial charge in [-0.1, -0.05) is 42.5 Å². The van der Waals surface area contributed by atoms with Gasteiger partial charge in [0.25, 0.3) is 0 Å². The molecule has 0 unspecified atom stereocenters. The summed E-state index contributed by atoms with van der Waals surface area (Å²) in [6.07, 6.45) is 1.43. The second kappa shape index (κ2) is 8.82. The number of ether oxygens (including phenoxy) is 1. The van der Waals surface area contributed by atoms with Gasteiger partial charge in [0.1, 0.15) is 5.60 Å². The van der Waals surface area contributed by atoms with Gasteiger partial charge in [0.05, 0.1) is 6.54 Å². The van der Waals surface area contributed by atoms with Crippen molar-refractivity contribution in [1.82, 2.24) is 9.80 Å². The summed E-state index contributed by atoms with van der Waals surface area (Å²) in [4.78, 5) is 27.7. The summed E-state index contributed by atoms with van der Waals surface area (Å²) in [6.45, 7) is 7.17. The van der Waals surface area contributed by atoms with E-state index in [0.29, 0.717) is 19.6 Å². The molecule has 1 N–H and O–H groups in total. The van der Waals surface area contributed by atoms with E-state index in [2.05, 4.69) is 18.2 Å². The Morgan fingerprint density at radius 1 is 1.17 bits per heavy atom. The molecule has 0 spiro atoms. The number of fused-ring (bicyclic) bond motifs is 1. The van der Waals surface area contributed by atoms with Gasteiger partial charge in [-0.3, -0.25) is 9.69 Å². The first-order valence-corrected chi connectivity index (χ1v) is 10.1. The van der Waals surface area contributed by atoms with Gasteiger partial charge in [-0.2, -0.15) is 0 Å². The topological polar surface area (TPSA) is 70.1 Å². The zero-order valence-corrected chi connectivity index (χ0v) is 17.4. The Morgan fingerprint density at radius 3 is 2.62 bits per heavy atom. The average Bonchev–Trinajstić information content (AvgIpc) is 3.08. The fourth-order valence-electron chi connectivity index (χ4n) is 3.93. The maximum atomic E-state index is 12.6. The summed E-state index contributed by atoms with van der Waals surface area (Å²) in [5.74, 6) is -0.868. The minimum absolute atomic E-state index is 0.0424. The number of nitrogens with zero attached hydrogens (tertiary/aromatic N) is 2. The Morgan fingerprint density at radius 2 is 1.90 bits per heavy atom. The number of hydrogen-bond acceptors (Lipinski definition) is 4. The van der Waals surface area contributed by atoms with E-state index in [-0.39, 0.29) is 18.7 Å². The van der Waals surface area contributed by atoms with Gasteiger partial charge in [0, 0.05) is 25.7 Å². The van der Waals surface area contributed by atoms with Crippen molar-refractivity contribution in [1.29, 1.82) is 0 Å². The Kier molecular flexibility index (Phi) is 6.42. The molecule has 0 aromatic heterocycles. The number of likely N-dealkylation sites (tertiary alicyclic amines) is 1. The second-order valence-electron chi connectivity index (χ2n) is 8.67. The lowest BCUT2D eigenvalue weighted by Gasteiger charge is -2.32. The van der Waals surface area contributed by atoms with E-state index in [4.69, 9.17) is 4.74 Å². The van der Waals surface area contributed by atoms with Crippen LogP contribution in [0.4, 0.5) is 4.79 Å². The van der Waals surface area contributed by atoms with Crippen LogP contribution < -0.4 is 0 Å². The van der Waals surface area contributed by atoms with Crippen LogP contribution in [0.25, 0.3) is 10.8 Å². The highest BCUT2D eigenvalue weighted by Gasteiger charge is 2.33. The number of carbonyl (C=O) groups is 2. The average molecular weight is 399 g/mol. The van der Waals surface area contributed by atoms with E-state index in [1.807, 2.05) is 49.9 Å². The van der Waals surface area contributed by atoms with E-state index in [0.717, 1.165) is 29.2 Å². The molecule has 156 valence electrons. The third kappa shape index (κ3) is 5.70. The zero-order valence-electron chi connectivity index (χ0n) is 17.4. The molecule has 1 amide bonds. The number of carbonyl (C=O) groups excluding carboxylic acids is 1. The second-order valence-corrected chi connectivity index (χ2v) is 8.67. The minimum atomic E-state index is -0.868. The largest absolute Gasteiger partial charge is 0.480 e. The molecule has 1 aliphatic rings. The van der Waals surface area contributed by atoms with Gasteiger partial charge in [-0.25, -0.2) is 4.79 Å². The maximum Gasteiger partial charge on any atom is 0.410 e. The molecule has 1 saturated heterocycles. The summed E-state index contributed by atoms with van der Waals surface area (Å²) in [5, 5.41) is 11.7. The monoisotopic (exact) mass is 398 g/mol. The highest BCUT2D eigenvalue weighted by Crippen LogP contribution is 2.24. The van der Waals surface area contributed by atoms with E-state index >= 15 is 0 Å². The van der Waals surface area contributed by atoms with Crippen LogP contribution in [0.3, 0.4) is 0 Å². The fraction of sp³-hybridized carbons (Fsp3) is 0.478. The molecule has 1 fully saturated rings. The van der Waals surface area contributed by atoms with Crippen molar-refractivity contribution in [3.63, 3.8) is 0 Å². The lowest BCUT2D eigenvalue weighted by Crippen LogP contribution is -2.46. The van der Waals surface area contributed by atoms with Crippen LogP contribution in [-0.2, 0) is 16.1 Å². The molecule has 6 nitrogen and oxygen atoms in total. The summed E-state index contributed by atoms with van der Waals surface area (Å²) in [7, 11) is 0. The molecule has 2 aromatic rings. The van der Waals surface area contributed by atoms with Crippen LogP contribution in [0.2, 0.25) is 0 Å². The predicted octanol–water partition coefficient (Wildman–Crippen LogP) is 4.13. The van der Waals surface area contributed by atoms with Crippen molar-refractivity contribution in [3.8, 4) is 0 Å². The van der Waals surface area contributed by atoms with Crippen LogP contribution in [-0.4, -0.2) is 58.2 Å². The summed E-state index contributed by atoms with van der Waals surface area (Å²) in [5.41, 5.74) is 0.541. The number of amides is 1. The van der Waals surface area contributed by atoms with Crippen LogP contribution in [0.5, 0.6) is 0 Å². The molecular weight excluding hydrogens is 368 g/mol. The molecule has 1 atom stereocenters. The quantitative estimate of drug-likeness (QED) is 0.792. The van der Waals surface area contributed by atoms with Crippen molar-refractivity contribution < 1.29 is 19.4 Å². The standard InChI is InChI=1S/C23H30N2O4/c1-23(2,3)29-22(28)25-13-7-11-19(25)15-24(16-21(26)27)14-18-10-6-9-17-8-4-5-12-20(17)18/h4-6,8-10,12,19H,7,11,13-16H2,1-3H3,(H,26,27)/t19-/m0/s1. The molecule has 2 aromatic carbocycles. The van der Waals surface area contributed by atoms with Crippen molar-refractivity contribution in [2.45, 2.75) is 51.8 Å². The van der Waals surface area contributed by atoms with Crippen molar-refractivity contribution in [2.24, 2.45) is 0 Å². The molecule has 3 rings (SSSR count). The van der Waals surface area contributed by atoms with Crippen LogP contribution >= 0.6 is 0 Å². The summed E-state index contributed by atoms with van der Waals surface area (Å²) >= 11 is 0. The highest BCUT2D eigenvalue weighted by atomic mass is 16.6. The first-order valence-electron chi connectivity index (χ1n) is 10.1. The molecule has 0 aliphatic carbocycles. The molecule has 1 aliphatic heterocycles. The van der Waals surface area contributed by atoms with Gasteiger partial charge >= 0.3 is 12.1 Å². The molecule has 0 radical (unpaired) electrons. The molecule has 0 bridgehead atoms. The number of hydrogen-bond donors (Lipinski definition) is 1. The fourth-order valence-corrected chi connectivity index (χ4v) is 3.93. The smallest absolute Gasteiger partial charge is 0.410 e. The molecule has 29 heavy (non-hydrogen) atoms. The highest BCUT2D eigenvalue weighted by molar-refractivity contribution is 5.85. The number of aliphatic carboxylic acids is 1. The summed E-state index contributed by atoms with van der Waals surface area (Å²) < 4.78 is 5.54. The number of rotatable bonds is 6. The number of carboxylic acid groups (broad SMARTS) is 1. The van der Waals surface area contributed by atoms with Crippen molar-refractivity contribution in [2.75, 3.05) is 19.6 Å². The molecule has 6 heteroatoms. The Bertz CT molecular complexity index is 869. The van der Waals surface area contributed by atoms with Gasteiger partial charge in [0.2, 0.25) is 0 Å². The van der Waals surface area contributed by atoms with Gasteiger partial charge in [-0.15, -0.1) is 0 Å². The number of benzene rings is 2. The van der Waals surface area contributed by atoms with Gasteiger partial charge in [-0.05, 0) is 49.9 Å². The van der Waals surface area contributed by atoms with E-state index < -0.39 is 11.6 Å². The van der Waals surface area contributed by atoms with Crippen molar-refractivity contribution >= 4 is 22.8 Å². The zero-order chi connectivity index (χ0) is 21.0. The summed E-state index contributed by atoms with van der Waals surface area (Å²) in [6, 6.07) is 14.2. The van der Waals surface area contributed by atoms with Gasteiger partial charge in [0.15, 0.2) is 0 Å².